The SMILES string of the molecule is Cc1ccc(C)c(N([C@H](C)C(=O)NCCCN2CCOCC2)S(C)(=O)=O)c1. The summed E-state index contributed by atoms with van der Waals surface area (Å²) in [6.07, 6.45) is 1.96. The molecule has 1 atom stereocenters. The number of hydrogen-bond donors (Lipinski definition) is 1. The molecule has 2 rings (SSSR count). The third-order valence-corrected chi connectivity index (χ3v) is 5.97. The second kappa shape index (κ2) is 9.52. The lowest BCUT2D eigenvalue weighted by atomic mass is 10.1. The van der Waals surface area contributed by atoms with E-state index in [4.69, 9.17) is 4.74 Å². The number of morpholine rings is 1. The molecule has 1 fully saturated rings. The van der Waals surface area contributed by atoms with Crippen molar-refractivity contribution < 1.29 is 17.9 Å². The lowest BCUT2D eigenvalue weighted by Gasteiger charge is -2.30. The van der Waals surface area contributed by atoms with Crippen LogP contribution in [-0.4, -0.2) is 70.9 Å². The molecule has 1 heterocycles. The molecule has 0 radical (unpaired) electrons. The first-order chi connectivity index (χ1) is 12.7. The van der Waals surface area contributed by atoms with E-state index >= 15 is 0 Å². The average Bonchev–Trinajstić information content (AvgIpc) is 2.61. The Balaban J connectivity index is 1.99. The van der Waals surface area contributed by atoms with Gasteiger partial charge in [0, 0.05) is 19.6 Å². The van der Waals surface area contributed by atoms with Crippen molar-refractivity contribution >= 4 is 21.6 Å². The van der Waals surface area contributed by atoms with Crippen LogP contribution in [-0.2, 0) is 19.6 Å². The van der Waals surface area contributed by atoms with E-state index in [2.05, 4.69) is 10.2 Å². The molecule has 1 N–H and O–H groups in total. The Morgan fingerprint density at radius 2 is 1.96 bits per heavy atom. The Morgan fingerprint density at radius 1 is 1.30 bits per heavy atom. The third-order valence-electron chi connectivity index (χ3n) is 4.74. The zero-order chi connectivity index (χ0) is 20.0. The summed E-state index contributed by atoms with van der Waals surface area (Å²) in [6.45, 7) is 10.1. The van der Waals surface area contributed by atoms with Crippen molar-refractivity contribution in [2.24, 2.45) is 0 Å². The number of aryl methyl sites for hydroxylation is 2. The summed E-state index contributed by atoms with van der Waals surface area (Å²) in [5.74, 6) is -0.289. The second-order valence-electron chi connectivity index (χ2n) is 7.12. The Kier molecular flexibility index (Phi) is 7.64. The maximum Gasteiger partial charge on any atom is 0.243 e. The van der Waals surface area contributed by atoms with Gasteiger partial charge in [0.25, 0.3) is 0 Å². The largest absolute Gasteiger partial charge is 0.379 e. The van der Waals surface area contributed by atoms with Gasteiger partial charge in [-0.2, -0.15) is 0 Å². The topological polar surface area (TPSA) is 79.0 Å². The summed E-state index contributed by atoms with van der Waals surface area (Å²) in [6, 6.07) is 4.79. The zero-order valence-electron chi connectivity index (χ0n) is 16.7. The van der Waals surface area contributed by atoms with Gasteiger partial charge in [0.05, 0.1) is 25.2 Å². The van der Waals surface area contributed by atoms with Crippen LogP contribution in [0.5, 0.6) is 0 Å². The van der Waals surface area contributed by atoms with Gasteiger partial charge in [0.2, 0.25) is 15.9 Å². The summed E-state index contributed by atoms with van der Waals surface area (Å²) in [7, 11) is -3.60. The van der Waals surface area contributed by atoms with Crippen LogP contribution >= 0.6 is 0 Å². The van der Waals surface area contributed by atoms with Gasteiger partial charge in [0.15, 0.2) is 0 Å². The van der Waals surface area contributed by atoms with E-state index in [0.29, 0.717) is 12.2 Å². The predicted octanol–water partition coefficient (Wildman–Crippen LogP) is 1.30. The molecule has 8 heteroatoms. The number of carbonyl (C=O) groups excluding carboxylic acids is 1. The summed E-state index contributed by atoms with van der Waals surface area (Å²) in [5.41, 5.74) is 2.31. The van der Waals surface area contributed by atoms with E-state index in [9.17, 15) is 13.2 Å². The minimum Gasteiger partial charge on any atom is -0.379 e. The van der Waals surface area contributed by atoms with Crippen LogP contribution in [0, 0.1) is 13.8 Å². The number of carbonyl (C=O) groups is 1. The molecular weight excluding hydrogens is 366 g/mol. The molecule has 0 unspecified atom stereocenters. The molecule has 1 aromatic rings. The second-order valence-corrected chi connectivity index (χ2v) is 8.98. The molecule has 0 spiro atoms. The highest BCUT2D eigenvalue weighted by Crippen LogP contribution is 2.26. The first kappa shape index (κ1) is 21.7. The highest BCUT2D eigenvalue weighted by molar-refractivity contribution is 7.92. The van der Waals surface area contributed by atoms with Gasteiger partial charge in [-0.25, -0.2) is 8.42 Å². The fourth-order valence-electron chi connectivity index (χ4n) is 3.22. The number of sulfonamides is 1. The maximum absolute atomic E-state index is 12.6. The number of rotatable bonds is 8. The van der Waals surface area contributed by atoms with Gasteiger partial charge < -0.3 is 10.1 Å². The van der Waals surface area contributed by atoms with Crippen molar-refractivity contribution in [1.29, 1.82) is 0 Å². The van der Waals surface area contributed by atoms with Crippen LogP contribution in [0.2, 0.25) is 0 Å². The highest BCUT2D eigenvalue weighted by Gasteiger charge is 2.30. The number of nitrogens with one attached hydrogen (secondary N) is 1. The van der Waals surface area contributed by atoms with E-state index in [1.54, 1.807) is 13.0 Å². The minimum atomic E-state index is -3.60. The van der Waals surface area contributed by atoms with E-state index in [1.807, 2.05) is 26.0 Å². The zero-order valence-corrected chi connectivity index (χ0v) is 17.5. The maximum atomic E-state index is 12.6. The normalized spacial score (nSPS) is 16.7. The highest BCUT2D eigenvalue weighted by atomic mass is 32.2. The monoisotopic (exact) mass is 397 g/mol. The molecule has 1 aromatic carbocycles. The standard InChI is InChI=1S/C19H31N3O4S/c1-15-6-7-16(2)18(14-15)22(27(4,24)25)17(3)19(23)20-8-5-9-21-10-12-26-13-11-21/h6-7,14,17H,5,8-13H2,1-4H3,(H,20,23)/t17-/m1/s1. The summed E-state index contributed by atoms with van der Waals surface area (Å²) < 4.78 is 31.3. The van der Waals surface area contributed by atoms with Crippen molar-refractivity contribution in [1.82, 2.24) is 10.2 Å². The average molecular weight is 398 g/mol. The van der Waals surface area contributed by atoms with Crippen LogP contribution in [0.25, 0.3) is 0 Å². The fourth-order valence-corrected chi connectivity index (χ4v) is 4.45. The van der Waals surface area contributed by atoms with E-state index in [1.165, 1.54) is 4.31 Å². The smallest absolute Gasteiger partial charge is 0.243 e. The molecule has 152 valence electrons. The number of hydrogen-bond acceptors (Lipinski definition) is 5. The van der Waals surface area contributed by atoms with Crippen LogP contribution in [0.3, 0.4) is 0 Å². The van der Waals surface area contributed by atoms with Crippen LogP contribution < -0.4 is 9.62 Å². The van der Waals surface area contributed by atoms with Crippen molar-refractivity contribution in [2.75, 3.05) is 50.0 Å². The Hall–Kier alpha value is -1.64. The molecule has 27 heavy (non-hydrogen) atoms. The van der Waals surface area contributed by atoms with E-state index in [0.717, 1.165) is 56.7 Å². The summed E-state index contributed by atoms with van der Waals surface area (Å²) >= 11 is 0. The fraction of sp³-hybridized carbons (Fsp3) is 0.632. The Labute approximate surface area is 162 Å². The van der Waals surface area contributed by atoms with Crippen molar-refractivity contribution in [2.45, 2.75) is 33.2 Å². The van der Waals surface area contributed by atoms with Crippen LogP contribution in [0.1, 0.15) is 24.5 Å². The molecule has 1 aliphatic rings. The van der Waals surface area contributed by atoms with Crippen LogP contribution in [0.4, 0.5) is 5.69 Å². The number of ether oxygens (including phenoxy) is 1. The molecule has 0 bridgehead atoms. The molecular formula is C19H31N3O4S. The Bertz CT molecular complexity index is 745. The first-order valence-corrected chi connectivity index (χ1v) is 11.2. The summed E-state index contributed by atoms with van der Waals surface area (Å²) in [5, 5.41) is 2.88. The molecule has 7 nitrogen and oxygen atoms in total. The number of amides is 1. The molecule has 1 saturated heterocycles. The van der Waals surface area contributed by atoms with Crippen molar-refractivity contribution in [3.8, 4) is 0 Å². The molecule has 1 aliphatic heterocycles. The van der Waals surface area contributed by atoms with E-state index < -0.39 is 16.1 Å². The molecule has 0 aliphatic carbocycles. The van der Waals surface area contributed by atoms with E-state index in [-0.39, 0.29) is 5.91 Å². The molecule has 0 aromatic heterocycles. The quantitative estimate of drug-likeness (QED) is 0.669. The van der Waals surface area contributed by atoms with Gasteiger partial charge >= 0.3 is 0 Å². The lowest BCUT2D eigenvalue weighted by molar-refractivity contribution is -0.121. The number of benzene rings is 1. The van der Waals surface area contributed by atoms with Gasteiger partial charge in [-0.3, -0.25) is 14.0 Å². The molecule has 1 amide bonds. The first-order valence-electron chi connectivity index (χ1n) is 9.34. The van der Waals surface area contributed by atoms with Crippen LogP contribution in [0.15, 0.2) is 18.2 Å². The van der Waals surface area contributed by atoms with Crippen molar-refractivity contribution in [3.05, 3.63) is 29.3 Å². The Morgan fingerprint density at radius 3 is 2.59 bits per heavy atom. The van der Waals surface area contributed by atoms with Gasteiger partial charge in [-0.15, -0.1) is 0 Å². The lowest BCUT2D eigenvalue weighted by Crippen LogP contribution is -2.48. The summed E-state index contributed by atoms with van der Waals surface area (Å²) in [4.78, 5) is 14.9. The molecule has 0 saturated carbocycles. The van der Waals surface area contributed by atoms with Gasteiger partial charge in [-0.05, 0) is 50.9 Å². The number of nitrogens with zero attached hydrogens (tertiary/aromatic N) is 2. The minimum absolute atomic E-state index is 0.289. The third kappa shape index (κ3) is 6.19. The van der Waals surface area contributed by atoms with Gasteiger partial charge in [-0.1, -0.05) is 12.1 Å². The van der Waals surface area contributed by atoms with Gasteiger partial charge in [0.1, 0.15) is 6.04 Å². The predicted molar refractivity (Wildman–Crippen MR) is 108 cm³/mol. The number of anilines is 1. The van der Waals surface area contributed by atoms with Crippen molar-refractivity contribution in [3.63, 3.8) is 0 Å².